The van der Waals surface area contributed by atoms with Crippen molar-refractivity contribution in [3.8, 4) is 0 Å². The molecule has 1 atom stereocenters. The highest BCUT2D eigenvalue weighted by Gasteiger charge is 2.07. The van der Waals surface area contributed by atoms with E-state index in [1.807, 2.05) is 0 Å². The molecule has 4 nitrogen and oxygen atoms in total. The molecule has 3 N–H and O–H groups in total. The Balaban J connectivity index is 1.92. The second kappa shape index (κ2) is 6.32. The van der Waals surface area contributed by atoms with E-state index >= 15 is 0 Å². The van der Waals surface area contributed by atoms with Gasteiger partial charge in [-0.1, -0.05) is 0 Å². The fourth-order valence-electron chi connectivity index (χ4n) is 1.48. The zero-order valence-corrected chi connectivity index (χ0v) is 8.42. The van der Waals surface area contributed by atoms with Gasteiger partial charge in [-0.05, 0) is 6.92 Å². The van der Waals surface area contributed by atoms with E-state index in [0.717, 1.165) is 39.3 Å². The molecule has 1 saturated heterocycles. The summed E-state index contributed by atoms with van der Waals surface area (Å²) in [6.07, 6.45) is -0.233. The number of rotatable bonds is 5. The van der Waals surface area contributed by atoms with E-state index in [-0.39, 0.29) is 6.10 Å². The predicted octanol–water partition coefficient (Wildman–Crippen LogP) is -1.14. The Bertz CT molecular complexity index is 124. The van der Waals surface area contributed by atoms with Gasteiger partial charge in [-0.3, -0.25) is 4.90 Å². The van der Waals surface area contributed by atoms with Gasteiger partial charge < -0.3 is 15.7 Å². The van der Waals surface area contributed by atoms with Gasteiger partial charge in [0, 0.05) is 45.8 Å². The Morgan fingerprint density at radius 1 is 1.46 bits per heavy atom. The summed E-state index contributed by atoms with van der Waals surface area (Å²) in [6.45, 7) is 9.09. The second-order valence-corrected chi connectivity index (χ2v) is 3.64. The highest BCUT2D eigenvalue weighted by Crippen LogP contribution is 1.89. The van der Waals surface area contributed by atoms with Crippen molar-refractivity contribution >= 4 is 0 Å². The van der Waals surface area contributed by atoms with E-state index in [0.29, 0.717) is 6.54 Å². The fourth-order valence-corrected chi connectivity index (χ4v) is 1.48. The molecule has 78 valence electrons. The van der Waals surface area contributed by atoms with Crippen molar-refractivity contribution in [3.63, 3.8) is 0 Å². The quantitative estimate of drug-likeness (QED) is 0.476. The van der Waals surface area contributed by atoms with Crippen LogP contribution in [0.15, 0.2) is 0 Å². The van der Waals surface area contributed by atoms with Crippen LogP contribution in [0, 0.1) is 0 Å². The highest BCUT2D eigenvalue weighted by molar-refractivity contribution is 4.68. The lowest BCUT2D eigenvalue weighted by Gasteiger charge is -2.27. The Morgan fingerprint density at radius 3 is 2.77 bits per heavy atom. The molecule has 0 saturated carbocycles. The number of hydrogen-bond acceptors (Lipinski definition) is 4. The lowest BCUT2D eigenvalue weighted by molar-refractivity contribution is 0.185. The van der Waals surface area contributed by atoms with Crippen LogP contribution in [0.4, 0.5) is 0 Å². The minimum Gasteiger partial charge on any atom is -0.392 e. The normalized spacial score (nSPS) is 21.7. The maximum atomic E-state index is 9.00. The van der Waals surface area contributed by atoms with Gasteiger partial charge in [0.05, 0.1) is 6.10 Å². The molecule has 4 heteroatoms. The van der Waals surface area contributed by atoms with E-state index in [4.69, 9.17) is 5.11 Å². The predicted molar refractivity (Wildman–Crippen MR) is 53.9 cm³/mol. The Labute approximate surface area is 80.3 Å². The molecule has 1 unspecified atom stereocenters. The molecule has 0 bridgehead atoms. The molecule has 0 aromatic heterocycles. The zero-order valence-electron chi connectivity index (χ0n) is 8.42. The number of nitrogens with one attached hydrogen (secondary N) is 2. The van der Waals surface area contributed by atoms with Crippen LogP contribution in [0.2, 0.25) is 0 Å². The van der Waals surface area contributed by atoms with Gasteiger partial charge in [-0.25, -0.2) is 0 Å². The minimum atomic E-state index is -0.233. The molecule has 0 aliphatic carbocycles. The van der Waals surface area contributed by atoms with E-state index in [1.54, 1.807) is 6.92 Å². The number of piperazine rings is 1. The second-order valence-electron chi connectivity index (χ2n) is 3.64. The van der Waals surface area contributed by atoms with E-state index in [2.05, 4.69) is 15.5 Å². The molecule has 1 aliphatic rings. The molecule has 0 aromatic rings. The summed E-state index contributed by atoms with van der Waals surface area (Å²) < 4.78 is 0. The maximum absolute atomic E-state index is 9.00. The van der Waals surface area contributed by atoms with Crippen molar-refractivity contribution in [1.82, 2.24) is 15.5 Å². The molecule has 13 heavy (non-hydrogen) atoms. The average Bonchev–Trinajstić information content (AvgIpc) is 2.14. The molecule has 1 fully saturated rings. The molecule has 1 aliphatic heterocycles. The molecule has 0 amide bonds. The van der Waals surface area contributed by atoms with Crippen molar-refractivity contribution in [2.45, 2.75) is 13.0 Å². The molecule has 1 heterocycles. The molecule has 0 spiro atoms. The van der Waals surface area contributed by atoms with Gasteiger partial charge in [0.15, 0.2) is 0 Å². The standard InChI is InChI=1S/C9H21N3O/c1-9(13)8-11-4-7-12-5-2-10-3-6-12/h9-11,13H,2-8H2,1H3. The molecule has 0 radical (unpaired) electrons. The van der Waals surface area contributed by atoms with Crippen LogP contribution in [0.1, 0.15) is 6.92 Å². The number of aliphatic hydroxyl groups excluding tert-OH is 1. The zero-order chi connectivity index (χ0) is 9.52. The van der Waals surface area contributed by atoms with Crippen LogP contribution < -0.4 is 10.6 Å². The molecule has 1 rings (SSSR count). The summed E-state index contributed by atoms with van der Waals surface area (Å²) in [5, 5.41) is 15.5. The van der Waals surface area contributed by atoms with Crippen LogP contribution in [-0.2, 0) is 0 Å². The number of nitrogens with zero attached hydrogens (tertiary/aromatic N) is 1. The van der Waals surface area contributed by atoms with Gasteiger partial charge in [0.1, 0.15) is 0 Å². The number of hydrogen-bond donors (Lipinski definition) is 3. The summed E-state index contributed by atoms with van der Waals surface area (Å²) in [7, 11) is 0. The molecule has 0 aromatic carbocycles. The first-order chi connectivity index (χ1) is 6.29. The Morgan fingerprint density at radius 2 is 2.15 bits per heavy atom. The summed E-state index contributed by atoms with van der Waals surface area (Å²) in [4.78, 5) is 2.44. The first-order valence-corrected chi connectivity index (χ1v) is 5.11. The van der Waals surface area contributed by atoms with Gasteiger partial charge in [0.25, 0.3) is 0 Å². The van der Waals surface area contributed by atoms with Gasteiger partial charge >= 0.3 is 0 Å². The van der Waals surface area contributed by atoms with Crippen molar-refractivity contribution < 1.29 is 5.11 Å². The lowest BCUT2D eigenvalue weighted by atomic mass is 10.3. The van der Waals surface area contributed by atoms with E-state index in [9.17, 15) is 0 Å². The molecular weight excluding hydrogens is 166 g/mol. The highest BCUT2D eigenvalue weighted by atomic mass is 16.3. The summed E-state index contributed by atoms with van der Waals surface area (Å²) in [5.41, 5.74) is 0. The van der Waals surface area contributed by atoms with Crippen molar-refractivity contribution in [2.24, 2.45) is 0 Å². The van der Waals surface area contributed by atoms with Gasteiger partial charge in [0.2, 0.25) is 0 Å². The summed E-state index contributed by atoms with van der Waals surface area (Å²) >= 11 is 0. The Hall–Kier alpha value is -0.160. The third-order valence-corrected chi connectivity index (χ3v) is 2.25. The van der Waals surface area contributed by atoms with Crippen molar-refractivity contribution in [3.05, 3.63) is 0 Å². The minimum absolute atomic E-state index is 0.233. The van der Waals surface area contributed by atoms with Crippen LogP contribution in [0.25, 0.3) is 0 Å². The van der Waals surface area contributed by atoms with Gasteiger partial charge in [-0.15, -0.1) is 0 Å². The third-order valence-electron chi connectivity index (χ3n) is 2.25. The lowest BCUT2D eigenvalue weighted by Crippen LogP contribution is -2.46. The van der Waals surface area contributed by atoms with Crippen LogP contribution in [0.5, 0.6) is 0 Å². The first kappa shape index (κ1) is 10.9. The topological polar surface area (TPSA) is 47.5 Å². The summed E-state index contributed by atoms with van der Waals surface area (Å²) in [6, 6.07) is 0. The van der Waals surface area contributed by atoms with Crippen molar-refractivity contribution in [2.75, 3.05) is 45.8 Å². The van der Waals surface area contributed by atoms with Gasteiger partial charge in [-0.2, -0.15) is 0 Å². The van der Waals surface area contributed by atoms with Crippen LogP contribution in [0.3, 0.4) is 0 Å². The first-order valence-electron chi connectivity index (χ1n) is 5.11. The smallest absolute Gasteiger partial charge is 0.0636 e. The number of aliphatic hydroxyl groups is 1. The SMILES string of the molecule is CC(O)CNCCN1CCNCC1. The fraction of sp³-hybridized carbons (Fsp3) is 1.00. The van der Waals surface area contributed by atoms with E-state index in [1.165, 1.54) is 0 Å². The van der Waals surface area contributed by atoms with Crippen LogP contribution >= 0.6 is 0 Å². The largest absolute Gasteiger partial charge is 0.392 e. The monoisotopic (exact) mass is 187 g/mol. The third kappa shape index (κ3) is 5.21. The van der Waals surface area contributed by atoms with E-state index < -0.39 is 0 Å². The Kier molecular flexibility index (Phi) is 5.31. The van der Waals surface area contributed by atoms with Crippen LogP contribution in [-0.4, -0.2) is 61.9 Å². The van der Waals surface area contributed by atoms with Crippen molar-refractivity contribution in [1.29, 1.82) is 0 Å². The maximum Gasteiger partial charge on any atom is 0.0636 e. The molecular formula is C9H21N3O. The summed E-state index contributed by atoms with van der Waals surface area (Å²) in [5.74, 6) is 0. The average molecular weight is 187 g/mol.